The van der Waals surface area contributed by atoms with E-state index in [-0.39, 0.29) is 34.7 Å². The number of ether oxygens (including phenoxy) is 1. The van der Waals surface area contributed by atoms with Crippen molar-refractivity contribution < 1.29 is 43.6 Å². The molecule has 3 aromatic rings. The van der Waals surface area contributed by atoms with E-state index < -0.39 is 40.8 Å². The van der Waals surface area contributed by atoms with E-state index in [0.717, 1.165) is 29.3 Å². The maximum Gasteiger partial charge on any atom is 0.352 e. The van der Waals surface area contributed by atoms with Crippen molar-refractivity contribution in [3.05, 3.63) is 64.4 Å². The van der Waals surface area contributed by atoms with Crippen LogP contribution in [0, 0.1) is 0 Å². The van der Waals surface area contributed by atoms with Gasteiger partial charge in [0.05, 0.1) is 19.2 Å². The lowest BCUT2D eigenvalue weighted by Crippen LogP contribution is -2.71. The maximum atomic E-state index is 13.5. The van der Waals surface area contributed by atoms with Crippen LogP contribution in [0.4, 0.5) is 10.9 Å². The van der Waals surface area contributed by atoms with Gasteiger partial charge in [0.25, 0.3) is 11.8 Å². The minimum absolute atomic E-state index is 0.0174. The first-order valence-corrected chi connectivity index (χ1v) is 18.2. The van der Waals surface area contributed by atoms with Gasteiger partial charge in [-0.05, 0) is 31.5 Å². The van der Waals surface area contributed by atoms with Gasteiger partial charge in [0.1, 0.15) is 35.2 Å². The number of benzene rings is 1. The number of rotatable bonds is 15. The number of β-lactam (4-membered cyclic amide) rings is 1. The molecule has 0 radical (unpaired) electrons. The Morgan fingerprint density at radius 2 is 1.91 bits per heavy atom. The number of thiazole rings is 1. The Morgan fingerprint density at radius 1 is 1.15 bits per heavy atom. The summed E-state index contributed by atoms with van der Waals surface area (Å²) in [5.41, 5.74) is 15.8. The zero-order valence-electron chi connectivity index (χ0n) is 28.7. The smallest absolute Gasteiger partial charge is 0.352 e. The quantitative estimate of drug-likeness (QED) is 0.0285. The molecular weight excluding hydrogens is 731 g/mol. The van der Waals surface area contributed by atoms with Crippen molar-refractivity contribution in [1.82, 2.24) is 19.9 Å². The molecule has 9 N–H and O–H groups in total. The number of carbonyl (C=O) groups excluding carboxylic acids is 2. The van der Waals surface area contributed by atoms with Crippen molar-refractivity contribution in [2.24, 2.45) is 21.6 Å². The molecular formula is C32H38N11O8S2+. The van der Waals surface area contributed by atoms with Crippen molar-refractivity contribution in [3.63, 3.8) is 0 Å². The van der Waals surface area contributed by atoms with Gasteiger partial charge in [0.15, 0.2) is 35.4 Å². The number of nitrogen functional groups attached to an aromatic ring is 1. The number of nitrogens with one attached hydrogen (secondary N) is 1. The van der Waals surface area contributed by atoms with Crippen LogP contribution in [0.15, 0.2) is 63.3 Å². The van der Waals surface area contributed by atoms with Gasteiger partial charge >= 0.3 is 11.9 Å². The molecule has 2 amide bonds. The van der Waals surface area contributed by atoms with Crippen LogP contribution in [-0.4, -0.2) is 103 Å². The number of carbonyl (C=O) groups is 4. The summed E-state index contributed by atoms with van der Waals surface area (Å²) in [6, 6.07) is 8.66. The van der Waals surface area contributed by atoms with Crippen molar-refractivity contribution >= 4 is 69.5 Å². The maximum absolute atomic E-state index is 13.5. The summed E-state index contributed by atoms with van der Waals surface area (Å²) in [6.45, 7) is 5.54. The molecule has 1 fully saturated rings. The van der Waals surface area contributed by atoms with E-state index >= 15 is 0 Å². The third kappa shape index (κ3) is 7.84. The predicted molar refractivity (Wildman–Crippen MR) is 194 cm³/mol. The molecule has 1 saturated heterocycles. The van der Waals surface area contributed by atoms with E-state index in [2.05, 4.69) is 30.0 Å². The second kappa shape index (κ2) is 15.0. The monoisotopic (exact) mass is 768 g/mol. The molecule has 5 heterocycles. The minimum Gasteiger partial charge on any atom is -0.492 e. The molecule has 0 aliphatic carbocycles. The predicted octanol–water partition coefficient (Wildman–Crippen LogP) is -0.491. The average Bonchev–Trinajstić information content (AvgIpc) is 3.84. The summed E-state index contributed by atoms with van der Waals surface area (Å²) in [4.78, 5) is 67.5. The molecule has 53 heavy (non-hydrogen) atoms. The van der Waals surface area contributed by atoms with Crippen molar-refractivity contribution in [3.8, 4) is 5.75 Å². The number of aromatic nitrogens is 3. The van der Waals surface area contributed by atoms with Crippen LogP contribution in [0.1, 0.15) is 25.1 Å². The number of nitrogens with two attached hydrogens (primary N) is 3. The second-order valence-corrected chi connectivity index (χ2v) is 14.6. The normalized spacial score (nSPS) is 18.2. The minimum atomic E-state index is -1.77. The zero-order valence-corrected chi connectivity index (χ0v) is 30.3. The van der Waals surface area contributed by atoms with Crippen LogP contribution in [0.5, 0.6) is 5.75 Å². The summed E-state index contributed by atoms with van der Waals surface area (Å²) >= 11 is 2.35. The first kappa shape index (κ1) is 36.9. The van der Waals surface area contributed by atoms with Gasteiger partial charge in [-0.15, -0.1) is 32.5 Å². The van der Waals surface area contributed by atoms with Gasteiger partial charge in [-0.1, -0.05) is 17.3 Å². The number of hydrogen-bond acceptors (Lipinski definition) is 13. The lowest BCUT2D eigenvalue weighted by atomic mass is 10.0. The van der Waals surface area contributed by atoms with E-state index in [1.165, 1.54) is 35.9 Å². The molecule has 0 saturated carbocycles. The summed E-state index contributed by atoms with van der Waals surface area (Å²) in [5, 5.41) is 26.9. The van der Waals surface area contributed by atoms with Gasteiger partial charge in [-0.25, -0.2) is 14.6 Å². The Hall–Kier alpha value is -5.83. The number of amides is 2. The molecule has 2 aromatic heterocycles. The summed E-state index contributed by atoms with van der Waals surface area (Å²) < 4.78 is 9.69. The van der Waals surface area contributed by atoms with Crippen LogP contribution in [0.2, 0.25) is 0 Å². The number of aliphatic carboxylic acids is 2. The third-order valence-electron chi connectivity index (χ3n) is 8.58. The number of oxime groups is 1. The molecule has 6 rings (SSSR count). The molecule has 2 atom stereocenters. The Bertz CT molecular complexity index is 2020. The highest BCUT2D eigenvalue weighted by molar-refractivity contribution is 8.00. The fourth-order valence-corrected chi connectivity index (χ4v) is 7.73. The number of thioether (sulfide) groups is 1. The van der Waals surface area contributed by atoms with Crippen molar-refractivity contribution in [2.75, 3.05) is 36.1 Å². The molecule has 21 heteroatoms. The second-order valence-electron chi connectivity index (χ2n) is 12.7. The largest absolute Gasteiger partial charge is 0.492 e. The highest BCUT2D eigenvalue weighted by atomic mass is 32.2. The van der Waals surface area contributed by atoms with E-state index in [1.807, 2.05) is 41.2 Å². The SMILES string of the molecule is CC(C)(O/N=C(\C(=O)N[C@@H]1C(=O)N2C(C(=O)O)=C(C[n+]3ccc4n3CCN4Cc3ccc(OCCN=C(N)N)cc3)CS[C@H]12)c1csc(N)n1)C(=O)O. The molecule has 0 unspecified atom stereocenters. The Kier molecular flexibility index (Phi) is 10.5. The molecule has 280 valence electrons. The highest BCUT2D eigenvalue weighted by Crippen LogP contribution is 2.40. The summed E-state index contributed by atoms with van der Waals surface area (Å²) in [7, 11) is 0. The van der Waals surface area contributed by atoms with Gasteiger partial charge in [0, 0.05) is 29.8 Å². The highest BCUT2D eigenvalue weighted by Gasteiger charge is 2.55. The topological polar surface area (TPSA) is 270 Å². The molecule has 1 aromatic carbocycles. The fourth-order valence-electron chi connectivity index (χ4n) is 5.85. The third-order valence-corrected chi connectivity index (χ3v) is 10.6. The van der Waals surface area contributed by atoms with Crippen LogP contribution in [0.25, 0.3) is 0 Å². The number of anilines is 2. The first-order valence-electron chi connectivity index (χ1n) is 16.3. The van der Waals surface area contributed by atoms with Crippen molar-refractivity contribution in [1.29, 1.82) is 0 Å². The fraction of sp³-hybridized carbons (Fsp3) is 0.375. The lowest BCUT2D eigenvalue weighted by Gasteiger charge is -2.49. The van der Waals surface area contributed by atoms with Crippen LogP contribution < -0.4 is 36.8 Å². The zero-order chi connectivity index (χ0) is 38.0. The van der Waals surface area contributed by atoms with E-state index in [9.17, 15) is 29.4 Å². The van der Waals surface area contributed by atoms with Crippen LogP contribution in [0.3, 0.4) is 0 Å². The number of hydrogen-bond donors (Lipinski definition) is 6. The molecule has 19 nitrogen and oxygen atoms in total. The first-order chi connectivity index (χ1) is 25.2. The number of carboxylic acid groups (broad SMARTS) is 2. The number of fused-ring (bicyclic) bond motifs is 2. The summed E-state index contributed by atoms with van der Waals surface area (Å²) in [5.74, 6) is -2.07. The van der Waals surface area contributed by atoms with Gasteiger partial charge in [0.2, 0.25) is 5.60 Å². The number of carboxylic acids is 2. The van der Waals surface area contributed by atoms with Gasteiger partial charge in [-0.2, -0.15) is 0 Å². The molecule has 0 bridgehead atoms. The standard InChI is InChI=1S/C32H37N11O8S2/c1-32(2,29(48)49)51-39-22(20-16-53-31(35)37-20)25(44)38-23-26(45)43-24(28(46)47)18(15-52-27(23)43)14-41-9-7-21-40(10-11-42(21)41)13-17-3-5-19(6-4-17)50-12-8-36-30(33)34/h3-7,9,16,23,27H,8,10-15H2,1-2H3,(H8-,33,34,35,36,37,38,44,46,47,48,49)/p+1/b39-22-/t23-,27-/m1/s1. The van der Waals surface area contributed by atoms with Crippen LogP contribution in [-0.2, 0) is 43.7 Å². The lowest BCUT2D eigenvalue weighted by molar-refractivity contribution is -0.766. The van der Waals surface area contributed by atoms with E-state index in [4.69, 9.17) is 26.8 Å². The number of guanidine groups is 1. The van der Waals surface area contributed by atoms with Gasteiger partial charge in [-0.3, -0.25) is 19.5 Å². The summed E-state index contributed by atoms with van der Waals surface area (Å²) in [6.07, 6.45) is 1.89. The van der Waals surface area contributed by atoms with Crippen molar-refractivity contribution in [2.45, 2.75) is 50.5 Å². The number of aliphatic imine (C=N–C) groups is 1. The Balaban J connectivity index is 1.12. The van der Waals surface area contributed by atoms with E-state index in [0.29, 0.717) is 43.3 Å². The Morgan fingerprint density at radius 3 is 2.57 bits per heavy atom. The molecule has 0 spiro atoms. The van der Waals surface area contributed by atoms with E-state index in [1.54, 1.807) is 0 Å². The Labute approximate surface area is 310 Å². The number of nitrogens with zero attached hydrogens (tertiary/aromatic N) is 7. The molecule has 3 aliphatic heterocycles. The van der Waals surface area contributed by atoms with Gasteiger partial charge < -0.3 is 47.2 Å². The molecule has 3 aliphatic rings. The average molecular weight is 769 g/mol. The van der Waals surface area contributed by atoms with Crippen LogP contribution >= 0.6 is 23.1 Å².